The van der Waals surface area contributed by atoms with Gasteiger partial charge in [-0.25, -0.2) is 0 Å². The Labute approximate surface area is 186 Å². The molecule has 148 valence electrons. The van der Waals surface area contributed by atoms with E-state index in [0.717, 1.165) is 58.3 Å². The Morgan fingerprint density at radius 1 is 1.19 bits per heavy atom. The van der Waals surface area contributed by atoms with Crippen molar-refractivity contribution in [2.75, 3.05) is 13.2 Å². The summed E-state index contributed by atoms with van der Waals surface area (Å²) in [5.41, 5.74) is 1.94. The van der Waals surface area contributed by atoms with E-state index in [-0.39, 0.29) is 6.61 Å². The molecule has 3 nitrogen and oxygen atoms in total. The number of ether oxygens (including phenoxy) is 2. The van der Waals surface area contributed by atoms with Crippen molar-refractivity contribution in [2.45, 2.75) is 66.4 Å². The van der Waals surface area contributed by atoms with E-state index in [9.17, 15) is 5.11 Å². The van der Waals surface area contributed by atoms with Crippen molar-refractivity contribution < 1.29 is 14.6 Å². The molecule has 0 saturated heterocycles. The maximum absolute atomic E-state index is 10.1. The zero-order chi connectivity index (χ0) is 19.5. The Balaban J connectivity index is 3.15. The van der Waals surface area contributed by atoms with Crippen molar-refractivity contribution in [1.82, 2.24) is 0 Å². The van der Waals surface area contributed by atoms with Crippen LogP contribution >= 0.6 is 45.2 Å². The lowest BCUT2D eigenvalue weighted by Gasteiger charge is -2.21. The summed E-state index contributed by atoms with van der Waals surface area (Å²) in [7, 11) is 0. The SMILES string of the molecule is CCCCOc1c(CC(C)C)cc(I)c(OC/C=C(/I)CCC)c1CO. The number of halogens is 2. The van der Waals surface area contributed by atoms with Gasteiger partial charge in [0.2, 0.25) is 0 Å². The van der Waals surface area contributed by atoms with Gasteiger partial charge in [-0.15, -0.1) is 0 Å². The van der Waals surface area contributed by atoms with Crippen LogP contribution in [-0.2, 0) is 13.0 Å². The molecule has 5 heteroatoms. The lowest BCUT2D eigenvalue weighted by Crippen LogP contribution is -2.09. The predicted octanol–water partition coefficient (Wildman–Crippen LogP) is 6.66. The first-order valence-electron chi connectivity index (χ1n) is 9.49. The molecule has 0 amide bonds. The van der Waals surface area contributed by atoms with Crippen LogP contribution in [0.25, 0.3) is 0 Å². The van der Waals surface area contributed by atoms with Gasteiger partial charge in [-0.05, 0) is 91.6 Å². The van der Waals surface area contributed by atoms with Gasteiger partial charge in [0, 0.05) is 0 Å². The fourth-order valence-electron chi connectivity index (χ4n) is 2.67. The van der Waals surface area contributed by atoms with Crippen molar-refractivity contribution in [3.63, 3.8) is 0 Å². The highest BCUT2D eigenvalue weighted by atomic mass is 127. The molecular weight excluding hydrogens is 554 g/mol. The van der Waals surface area contributed by atoms with Crippen molar-refractivity contribution >= 4 is 45.2 Å². The van der Waals surface area contributed by atoms with Gasteiger partial charge in [0.05, 0.1) is 22.3 Å². The van der Waals surface area contributed by atoms with Crippen LogP contribution in [-0.4, -0.2) is 18.3 Å². The summed E-state index contributed by atoms with van der Waals surface area (Å²) in [4.78, 5) is 0. The summed E-state index contributed by atoms with van der Waals surface area (Å²) in [6.07, 6.45) is 7.34. The minimum atomic E-state index is -0.0749. The van der Waals surface area contributed by atoms with Crippen LogP contribution in [0.1, 0.15) is 64.5 Å². The van der Waals surface area contributed by atoms with Gasteiger partial charge in [-0.2, -0.15) is 0 Å². The van der Waals surface area contributed by atoms with Gasteiger partial charge >= 0.3 is 0 Å². The highest BCUT2D eigenvalue weighted by molar-refractivity contribution is 14.1. The molecule has 0 bridgehead atoms. The number of rotatable bonds is 12. The number of aliphatic hydroxyl groups excluding tert-OH is 1. The van der Waals surface area contributed by atoms with Crippen LogP contribution in [0.4, 0.5) is 0 Å². The average molecular weight is 586 g/mol. The minimum Gasteiger partial charge on any atom is -0.493 e. The van der Waals surface area contributed by atoms with Crippen molar-refractivity contribution in [2.24, 2.45) is 5.92 Å². The molecule has 0 atom stereocenters. The number of allylic oxidation sites excluding steroid dienone is 1. The van der Waals surface area contributed by atoms with Crippen LogP contribution in [0, 0.1) is 9.49 Å². The second kappa shape index (κ2) is 13.2. The van der Waals surface area contributed by atoms with Crippen LogP contribution in [0.15, 0.2) is 15.7 Å². The summed E-state index contributed by atoms with van der Waals surface area (Å²) in [6.45, 7) is 9.83. The van der Waals surface area contributed by atoms with E-state index >= 15 is 0 Å². The Hall–Kier alpha value is -0.0200. The van der Waals surface area contributed by atoms with Crippen LogP contribution < -0.4 is 9.47 Å². The van der Waals surface area contributed by atoms with Gasteiger partial charge in [-0.3, -0.25) is 0 Å². The first kappa shape index (κ1) is 24.0. The fourth-order valence-corrected chi connectivity index (χ4v) is 4.25. The van der Waals surface area contributed by atoms with Gasteiger partial charge in [0.25, 0.3) is 0 Å². The number of benzene rings is 1. The minimum absolute atomic E-state index is 0.0749. The number of aliphatic hydroxyl groups is 1. The van der Waals surface area contributed by atoms with Crippen molar-refractivity contribution in [3.8, 4) is 11.5 Å². The summed E-state index contributed by atoms with van der Waals surface area (Å²) in [5, 5.41) is 10.1. The molecule has 1 aromatic rings. The maximum Gasteiger partial charge on any atom is 0.142 e. The first-order valence-corrected chi connectivity index (χ1v) is 11.6. The summed E-state index contributed by atoms with van der Waals surface area (Å²) < 4.78 is 14.5. The van der Waals surface area contributed by atoms with Crippen LogP contribution in [0.5, 0.6) is 11.5 Å². The Morgan fingerprint density at radius 3 is 2.50 bits per heavy atom. The Bertz CT molecular complexity index is 583. The molecule has 0 saturated carbocycles. The molecule has 26 heavy (non-hydrogen) atoms. The highest BCUT2D eigenvalue weighted by Crippen LogP contribution is 2.38. The monoisotopic (exact) mass is 586 g/mol. The molecule has 0 spiro atoms. The summed E-state index contributed by atoms with van der Waals surface area (Å²) in [6, 6.07) is 2.15. The van der Waals surface area contributed by atoms with E-state index < -0.39 is 0 Å². The number of hydrogen-bond acceptors (Lipinski definition) is 3. The molecule has 0 radical (unpaired) electrons. The molecule has 0 aliphatic carbocycles. The number of unbranched alkanes of at least 4 members (excludes halogenated alkanes) is 1. The topological polar surface area (TPSA) is 38.7 Å². The second-order valence-corrected chi connectivity index (χ2v) is 9.37. The second-order valence-electron chi connectivity index (χ2n) is 6.82. The molecule has 1 N–H and O–H groups in total. The molecule has 0 unspecified atom stereocenters. The van der Waals surface area contributed by atoms with E-state index in [1.807, 2.05) is 0 Å². The van der Waals surface area contributed by atoms with E-state index in [2.05, 4.69) is 85.0 Å². The van der Waals surface area contributed by atoms with Crippen LogP contribution in [0.2, 0.25) is 0 Å². The lowest BCUT2D eigenvalue weighted by molar-refractivity contribution is 0.248. The predicted molar refractivity (Wildman–Crippen MR) is 127 cm³/mol. The van der Waals surface area contributed by atoms with Crippen LogP contribution in [0.3, 0.4) is 0 Å². The first-order chi connectivity index (χ1) is 12.4. The van der Waals surface area contributed by atoms with Gasteiger partial charge < -0.3 is 14.6 Å². The highest BCUT2D eigenvalue weighted by Gasteiger charge is 2.20. The maximum atomic E-state index is 10.1. The third kappa shape index (κ3) is 7.92. The molecular formula is C21H32I2O3. The zero-order valence-electron chi connectivity index (χ0n) is 16.4. The average Bonchev–Trinajstić information content (AvgIpc) is 2.57. The standard InChI is InChI=1S/C21H32I2O3/c1-5-7-10-25-20-16(12-15(3)4)13-19(23)21(18(20)14-24)26-11-9-17(22)8-6-2/h9,13,15,24H,5-8,10-12,14H2,1-4H3/b17-9+. The largest absolute Gasteiger partial charge is 0.493 e. The zero-order valence-corrected chi connectivity index (χ0v) is 20.7. The Kier molecular flexibility index (Phi) is 12.2. The fraction of sp³-hybridized carbons (Fsp3) is 0.619. The Morgan fingerprint density at radius 2 is 1.92 bits per heavy atom. The van der Waals surface area contributed by atoms with Gasteiger partial charge in [0.1, 0.15) is 18.1 Å². The third-order valence-corrected chi connectivity index (χ3v) is 5.69. The van der Waals surface area contributed by atoms with E-state index in [4.69, 9.17) is 9.47 Å². The van der Waals surface area contributed by atoms with Crippen molar-refractivity contribution in [3.05, 3.63) is 30.4 Å². The third-order valence-electron chi connectivity index (χ3n) is 3.91. The van der Waals surface area contributed by atoms with Gasteiger partial charge in [0.15, 0.2) is 0 Å². The lowest BCUT2D eigenvalue weighted by atomic mass is 9.99. The van der Waals surface area contributed by atoms with E-state index in [0.29, 0.717) is 19.1 Å². The molecule has 0 aliphatic heterocycles. The quantitative estimate of drug-likeness (QED) is 0.220. The molecule has 0 aromatic heterocycles. The van der Waals surface area contributed by atoms with Crippen molar-refractivity contribution in [1.29, 1.82) is 0 Å². The molecule has 0 heterocycles. The molecule has 1 aromatic carbocycles. The molecule has 1 rings (SSSR count). The molecule has 0 fully saturated rings. The summed E-state index contributed by atoms with van der Waals surface area (Å²) in [5.74, 6) is 2.09. The van der Waals surface area contributed by atoms with E-state index in [1.165, 1.54) is 3.58 Å². The smallest absolute Gasteiger partial charge is 0.142 e. The molecule has 0 aliphatic rings. The normalized spacial score (nSPS) is 11.9. The summed E-state index contributed by atoms with van der Waals surface area (Å²) >= 11 is 4.67. The van der Waals surface area contributed by atoms with Gasteiger partial charge in [-0.1, -0.05) is 40.5 Å². The number of hydrogen-bond donors (Lipinski definition) is 1. The van der Waals surface area contributed by atoms with E-state index in [1.54, 1.807) is 0 Å².